The van der Waals surface area contributed by atoms with Crippen molar-refractivity contribution < 1.29 is 4.70 Å². The fourth-order valence-electron chi connectivity index (χ4n) is 3.19. The summed E-state index contributed by atoms with van der Waals surface area (Å²) in [6.07, 6.45) is 0. The van der Waals surface area contributed by atoms with Crippen LogP contribution in [0.25, 0.3) is 0 Å². The maximum Gasteiger partial charge on any atom is 2.00 e. The second kappa shape index (κ2) is 17.1. The molecule has 0 aromatic heterocycles. The van der Waals surface area contributed by atoms with Crippen LogP contribution in [0, 0.1) is 12.1 Å². The maximum absolute atomic E-state index is 3.54. The van der Waals surface area contributed by atoms with E-state index in [1.165, 1.54) is 33.4 Å². The molecule has 0 N–H and O–H groups in total. The molecule has 0 saturated carbocycles. The van der Waals surface area contributed by atoms with E-state index >= 15 is 0 Å². The van der Waals surface area contributed by atoms with Gasteiger partial charge >= 0.3 is 23.9 Å². The van der Waals surface area contributed by atoms with E-state index in [4.69, 9.17) is 0 Å². The van der Waals surface area contributed by atoms with Gasteiger partial charge in [0.2, 0.25) is 0 Å². The van der Waals surface area contributed by atoms with Crippen molar-refractivity contribution in [3.63, 3.8) is 0 Å². The summed E-state index contributed by atoms with van der Waals surface area (Å²) < 4.78 is 0. The molecule has 0 spiro atoms. The zero-order valence-corrected chi connectivity index (χ0v) is 27.2. The predicted octanol–water partition coefficient (Wildman–Crippen LogP) is 6.66. The molecule has 0 saturated heterocycles. The van der Waals surface area contributed by atoms with E-state index in [1.54, 1.807) is 0 Å². The molecule has 0 aliphatic carbocycles. The smallest absolute Gasteiger partial charge is 1.00 e. The van der Waals surface area contributed by atoms with Gasteiger partial charge in [0.25, 0.3) is 0 Å². The van der Waals surface area contributed by atoms with Gasteiger partial charge in [0, 0.05) is 0 Å². The van der Waals surface area contributed by atoms with Gasteiger partial charge in [0.1, 0.15) is 0 Å². The standard InChI is InChI=1S/2C15H23.FH.H2P.Sn/c2*1-10(2)13-7-14(11(3)4)9-15(8-13)12(5)6;;;/h2*7-8,10-12H,1-6H3;1H;1H2;/q;;;-1;+2/p-1. The normalized spacial score (nSPS) is 10.7. The van der Waals surface area contributed by atoms with E-state index in [0.717, 1.165) is 0 Å². The van der Waals surface area contributed by atoms with Crippen LogP contribution in [0.2, 0.25) is 0 Å². The monoisotopic (exact) mass is 578 g/mol. The summed E-state index contributed by atoms with van der Waals surface area (Å²) in [6.45, 7) is 26.9. The van der Waals surface area contributed by atoms with Gasteiger partial charge in [-0.2, -0.15) is 0 Å². The van der Waals surface area contributed by atoms with E-state index in [2.05, 4.69) is 119 Å². The third-order valence-electron chi connectivity index (χ3n) is 5.69. The van der Waals surface area contributed by atoms with Crippen LogP contribution in [0.15, 0.2) is 24.3 Å². The molecule has 4 radical (unpaired) electrons. The van der Waals surface area contributed by atoms with E-state index in [1.807, 2.05) is 0 Å². The molecule has 0 amide bonds. The molecule has 2 aromatic carbocycles. The number of halogens is 1. The Bertz CT molecular complexity index is 595. The topological polar surface area (TPSA) is 0 Å². The van der Waals surface area contributed by atoms with Crippen LogP contribution in [-0.4, -0.2) is 23.9 Å². The summed E-state index contributed by atoms with van der Waals surface area (Å²) in [5.41, 5.74) is 8.30. The minimum absolute atomic E-state index is 0. The van der Waals surface area contributed by atoms with Crippen molar-refractivity contribution in [2.45, 2.75) is 119 Å². The van der Waals surface area contributed by atoms with Gasteiger partial charge in [-0.1, -0.05) is 107 Å². The first-order chi connectivity index (χ1) is 13.8. The van der Waals surface area contributed by atoms with Crippen molar-refractivity contribution in [3.05, 3.63) is 69.8 Å². The van der Waals surface area contributed by atoms with Gasteiger partial charge in [-0.25, -0.2) is 0 Å². The quantitative estimate of drug-likeness (QED) is 0.266. The second-order valence-corrected chi connectivity index (χ2v) is 10.6. The summed E-state index contributed by atoms with van der Waals surface area (Å²) in [6, 6.07) is 16.3. The van der Waals surface area contributed by atoms with Gasteiger partial charge in [0.05, 0.1) is 0 Å². The minimum atomic E-state index is 0. The van der Waals surface area contributed by atoms with Crippen LogP contribution < -0.4 is 4.70 Å². The molecule has 0 nitrogen and oxygen atoms in total. The molecule has 0 aliphatic heterocycles. The largest absolute Gasteiger partial charge is 2.00 e. The number of hydrogen-bond donors (Lipinski definition) is 0. The third kappa shape index (κ3) is 12.2. The maximum atomic E-state index is 3.54. The summed E-state index contributed by atoms with van der Waals surface area (Å²) in [7, 11) is 0. The first-order valence-electron chi connectivity index (χ1n) is 12.0. The van der Waals surface area contributed by atoms with Crippen LogP contribution in [0.3, 0.4) is 0 Å². The van der Waals surface area contributed by atoms with Gasteiger partial charge in [0.15, 0.2) is 0 Å². The predicted molar refractivity (Wildman–Crippen MR) is 151 cm³/mol. The number of rotatable bonds is 6. The summed E-state index contributed by atoms with van der Waals surface area (Å²) in [5.74, 6) is 3.49. The van der Waals surface area contributed by atoms with E-state index in [-0.39, 0.29) is 38.5 Å². The van der Waals surface area contributed by atoms with Crippen molar-refractivity contribution in [3.8, 4) is 0 Å². The molecule has 184 valence electrons. The molecule has 0 atom stereocenters. The fraction of sp³-hybridized carbons (Fsp3) is 0.600. The van der Waals surface area contributed by atoms with Crippen LogP contribution >= 0.6 is 9.90 Å². The zero-order chi connectivity index (χ0) is 23.2. The van der Waals surface area contributed by atoms with Crippen LogP contribution in [0.5, 0.6) is 0 Å². The molecule has 0 bridgehead atoms. The van der Waals surface area contributed by atoms with Crippen molar-refractivity contribution in [2.75, 3.05) is 0 Å². The van der Waals surface area contributed by atoms with Gasteiger partial charge in [-0.15, -0.1) is 0 Å². The van der Waals surface area contributed by atoms with Crippen LogP contribution in [0.4, 0.5) is 0 Å². The Morgan fingerprint density at radius 2 is 0.606 bits per heavy atom. The summed E-state index contributed by atoms with van der Waals surface area (Å²) in [4.78, 5) is 0. The zero-order valence-electron chi connectivity index (χ0n) is 23.2. The van der Waals surface area contributed by atoms with Crippen molar-refractivity contribution in [1.29, 1.82) is 0 Å². The molecule has 0 aliphatic rings. The summed E-state index contributed by atoms with van der Waals surface area (Å²) in [5, 5.41) is 0. The Hall–Kier alpha value is -0.401. The Morgan fingerprint density at radius 3 is 0.727 bits per heavy atom. The van der Waals surface area contributed by atoms with Gasteiger partial charge in [-0.3, -0.25) is 0 Å². The Morgan fingerprint density at radius 1 is 0.424 bits per heavy atom. The Kier molecular flexibility index (Phi) is 19.2. The molecular weight excluding hydrogens is 529 g/mol. The van der Waals surface area contributed by atoms with Gasteiger partial charge in [-0.05, 0) is 81.0 Å². The molecule has 3 heteroatoms. The molecule has 2 aromatic rings. The van der Waals surface area contributed by atoms with E-state index in [9.17, 15) is 0 Å². The number of hydrogen-bond acceptors (Lipinski definition) is 0. The van der Waals surface area contributed by atoms with E-state index in [0.29, 0.717) is 35.5 Å². The average molecular weight is 577 g/mol. The SMILES string of the molecule is CC(C)c1[c]c(C(C)C)cc(C(C)C)c1.CC(C)c1[c]c(C(C)C)cc(C(C)C)c1.[F-].[PH2-].[Sn+2]. The first kappa shape index (κ1) is 37.2. The molecular formula is C30H48FPSn. The molecule has 0 heterocycles. The number of benzene rings is 2. The fourth-order valence-corrected chi connectivity index (χ4v) is 3.19. The minimum Gasteiger partial charge on any atom is -1.00 e. The van der Waals surface area contributed by atoms with Crippen LogP contribution in [-0.2, 0) is 0 Å². The molecule has 33 heavy (non-hydrogen) atoms. The second-order valence-electron chi connectivity index (χ2n) is 10.6. The third-order valence-corrected chi connectivity index (χ3v) is 5.69. The van der Waals surface area contributed by atoms with Crippen molar-refractivity contribution >= 4 is 33.8 Å². The van der Waals surface area contributed by atoms with E-state index < -0.39 is 0 Å². The summed E-state index contributed by atoms with van der Waals surface area (Å²) >= 11 is 0. The average Bonchev–Trinajstić information content (AvgIpc) is 2.67. The molecule has 2 rings (SSSR count). The van der Waals surface area contributed by atoms with Crippen LogP contribution in [0.1, 0.15) is 152 Å². The Balaban J connectivity index is -0.000000500. The molecule has 0 unspecified atom stereocenters. The van der Waals surface area contributed by atoms with Gasteiger partial charge < -0.3 is 14.6 Å². The first-order valence-corrected chi connectivity index (χ1v) is 12.0. The molecule has 0 fully saturated rings. The Labute approximate surface area is 226 Å². The van der Waals surface area contributed by atoms with Crippen molar-refractivity contribution in [1.82, 2.24) is 0 Å². The van der Waals surface area contributed by atoms with Crippen molar-refractivity contribution in [2.24, 2.45) is 0 Å².